The van der Waals surface area contributed by atoms with E-state index in [1.165, 1.54) is 28.9 Å². The van der Waals surface area contributed by atoms with Gasteiger partial charge < -0.3 is 9.42 Å². The number of likely N-dealkylation sites (tertiary alicyclic amines) is 1. The molecule has 3 heterocycles. The number of sulfonamides is 1. The minimum Gasteiger partial charge on any atom is -0.343 e. The second-order valence-electron chi connectivity index (χ2n) is 8.64. The number of piperidine rings is 1. The van der Waals surface area contributed by atoms with Gasteiger partial charge in [0.15, 0.2) is 5.82 Å². The number of piperazine rings is 1. The van der Waals surface area contributed by atoms with Crippen molar-refractivity contribution in [2.75, 3.05) is 39.3 Å². The van der Waals surface area contributed by atoms with Gasteiger partial charge >= 0.3 is 0 Å². The van der Waals surface area contributed by atoms with Crippen LogP contribution in [-0.4, -0.2) is 77.8 Å². The van der Waals surface area contributed by atoms with Crippen molar-refractivity contribution < 1.29 is 22.1 Å². The van der Waals surface area contributed by atoms with E-state index in [1.54, 1.807) is 6.92 Å². The number of aromatic nitrogens is 2. The number of rotatable bonds is 7. The lowest BCUT2D eigenvalue weighted by Crippen LogP contribution is -2.48. The number of nitrogens with zero attached hydrogens (tertiary/aromatic N) is 5. The fourth-order valence-electron chi connectivity index (χ4n) is 4.23. The Morgan fingerprint density at radius 2 is 1.82 bits per heavy atom. The van der Waals surface area contributed by atoms with E-state index in [2.05, 4.69) is 15.0 Å². The van der Waals surface area contributed by atoms with Crippen molar-refractivity contribution in [3.8, 4) is 0 Å². The highest BCUT2D eigenvalue weighted by Gasteiger charge is 2.29. The molecule has 2 saturated heterocycles. The number of amides is 1. The summed E-state index contributed by atoms with van der Waals surface area (Å²) < 4.78 is 46.0. The number of benzene rings is 1. The van der Waals surface area contributed by atoms with Crippen LogP contribution in [0.5, 0.6) is 0 Å². The zero-order chi connectivity index (χ0) is 23.4. The molecule has 0 saturated carbocycles. The van der Waals surface area contributed by atoms with Crippen molar-refractivity contribution in [1.29, 1.82) is 0 Å². The summed E-state index contributed by atoms with van der Waals surface area (Å²) in [5.74, 6) is 0.682. The molecule has 1 amide bonds. The maximum absolute atomic E-state index is 13.5. The Bertz CT molecular complexity index is 1080. The third-order valence-electron chi connectivity index (χ3n) is 6.24. The molecule has 2 aliphatic rings. The predicted molar refractivity (Wildman–Crippen MR) is 118 cm³/mol. The van der Waals surface area contributed by atoms with Crippen molar-refractivity contribution in [2.45, 2.75) is 50.5 Å². The highest BCUT2D eigenvalue weighted by molar-refractivity contribution is 7.89. The van der Waals surface area contributed by atoms with Gasteiger partial charge in [-0.15, -0.1) is 0 Å². The second-order valence-corrected chi connectivity index (χ2v) is 10.6. The molecule has 0 spiro atoms. The highest BCUT2D eigenvalue weighted by Crippen LogP contribution is 2.21. The van der Waals surface area contributed by atoms with Crippen LogP contribution in [0.25, 0.3) is 0 Å². The molecule has 2 aliphatic heterocycles. The lowest BCUT2D eigenvalue weighted by Gasteiger charge is -2.33. The van der Waals surface area contributed by atoms with Gasteiger partial charge in [0.25, 0.3) is 0 Å². The van der Waals surface area contributed by atoms with Gasteiger partial charge in [-0.2, -0.15) is 9.29 Å². The number of hydrogen-bond acceptors (Lipinski definition) is 7. The summed E-state index contributed by atoms with van der Waals surface area (Å²) in [6, 6.07) is 3.86. The Kier molecular flexibility index (Phi) is 7.40. The summed E-state index contributed by atoms with van der Waals surface area (Å²) in [6.07, 6.45) is 4.10. The quantitative estimate of drug-likeness (QED) is 0.599. The molecule has 0 unspecified atom stereocenters. The Morgan fingerprint density at radius 1 is 1.09 bits per heavy atom. The maximum Gasteiger partial charge on any atom is 0.243 e. The van der Waals surface area contributed by atoms with Gasteiger partial charge in [0.05, 0.1) is 11.4 Å². The average molecular weight is 480 g/mol. The van der Waals surface area contributed by atoms with Crippen molar-refractivity contribution in [3.05, 3.63) is 41.3 Å². The monoisotopic (exact) mass is 479 g/mol. The molecule has 2 fully saturated rings. The molecule has 0 aliphatic carbocycles. The van der Waals surface area contributed by atoms with Gasteiger partial charge in [0.2, 0.25) is 21.8 Å². The predicted octanol–water partition coefficient (Wildman–Crippen LogP) is 1.97. The Hall–Kier alpha value is -2.37. The second kappa shape index (κ2) is 10.3. The maximum atomic E-state index is 13.5. The standard InChI is InChI=1S/C22H30FN5O4S/c1-17-15-18(5-6-19(17)23)33(30,31)28-13-11-26(12-14-28)16-20-24-21(32-25-20)7-8-22(29)27-9-3-2-4-10-27/h5-6,15H,2-4,7-14,16H2,1H3. The summed E-state index contributed by atoms with van der Waals surface area (Å²) in [5.41, 5.74) is 0.306. The van der Waals surface area contributed by atoms with Gasteiger partial charge in [-0.1, -0.05) is 5.16 Å². The molecule has 9 nitrogen and oxygen atoms in total. The fourth-order valence-corrected chi connectivity index (χ4v) is 5.73. The van der Waals surface area contributed by atoms with E-state index < -0.39 is 15.8 Å². The zero-order valence-electron chi connectivity index (χ0n) is 18.9. The van der Waals surface area contributed by atoms with Crippen LogP contribution in [0.15, 0.2) is 27.6 Å². The van der Waals surface area contributed by atoms with Crippen LogP contribution < -0.4 is 0 Å². The molecule has 1 aromatic heterocycles. The van der Waals surface area contributed by atoms with Crippen molar-refractivity contribution >= 4 is 15.9 Å². The summed E-state index contributed by atoms with van der Waals surface area (Å²) in [4.78, 5) is 20.8. The Morgan fingerprint density at radius 3 is 2.52 bits per heavy atom. The molecule has 33 heavy (non-hydrogen) atoms. The van der Waals surface area contributed by atoms with Crippen LogP contribution in [-0.2, 0) is 27.8 Å². The van der Waals surface area contributed by atoms with E-state index in [-0.39, 0.29) is 10.8 Å². The Labute approximate surface area is 193 Å². The molecule has 11 heteroatoms. The molecule has 0 N–H and O–H groups in total. The first-order valence-corrected chi connectivity index (χ1v) is 12.8. The van der Waals surface area contributed by atoms with E-state index >= 15 is 0 Å². The van der Waals surface area contributed by atoms with E-state index in [4.69, 9.17) is 4.52 Å². The third kappa shape index (κ3) is 5.77. The minimum absolute atomic E-state index is 0.108. The van der Waals surface area contributed by atoms with Gasteiger partial charge in [-0.05, 0) is 49.9 Å². The van der Waals surface area contributed by atoms with E-state index in [0.29, 0.717) is 62.8 Å². The fraction of sp³-hybridized carbons (Fsp3) is 0.591. The highest BCUT2D eigenvalue weighted by atomic mass is 32.2. The smallest absolute Gasteiger partial charge is 0.243 e. The number of halogens is 1. The van der Waals surface area contributed by atoms with E-state index in [9.17, 15) is 17.6 Å². The number of aryl methyl sites for hydroxylation is 2. The molecule has 2 aromatic rings. The van der Waals surface area contributed by atoms with Gasteiger partial charge in [0, 0.05) is 52.1 Å². The summed E-state index contributed by atoms with van der Waals surface area (Å²) in [6.45, 7) is 5.37. The van der Waals surface area contributed by atoms with Crippen molar-refractivity contribution in [1.82, 2.24) is 24.2 Å². The largest absolute Gasteiger partial charge is 0.343 e. The van der Waals surface area contributed by atoms with Crippen LogP contribution in [0, 0.1) is 12.7 Å². The number of carbonyl (C=O) groups is 1. The van der Waals surface area contributed by atoms with Gasteiger partial charge in [-0.3, -0.25) is 9.69 Å². The lowest BCUT2D eigenvalue weighted by molar-refractivity contribution is -0.132. The first kappa shape index (κ1) is 23.8. The summed E-state index contributed by atoms with van der Waals surface area (Å²) in [7, 11) is -3.66. The molecule has 180 valence electrons. The van der Waals surface area contributed by atoms with Crippen LogP contribution in [0.3, 0.4) is 0 Å². The average Bonchev–Trinajstić information content (AvgIpc) is 3.27. The molecule has 0 atom stereocenters. The third-order valence-corrected chi connectivity index (χ3v) is 8.13. The van der Waals surface area contributed by atoms with Crippen molar-refractivity contribution in [3.63, 3.8) is 0 Å². The molecule has 0 radical (unpaired) electrons. The number of carbonyl (C=O) groups excluding carboxylic acids is 1. The molecular weight excluding hydrogens is 449 g/mol. The Balaban J connectivity index is 1.26. The van der Waals surface area contributed by atoms with Crippen LogP contribution in [0.4, 0.5) is 4.39 Å². The van der Waals surface area contributed by atoms with Crippen LogP contribution in [0.2, 0.25) is 0 Å². The first-order valence-electron chi connectivity index (χ1n) is 11.4. The number of hydrogen-bond donors (Lipinski definition) is 0. The zero-order valence-corrected chi connectivity index (χ0v) is 19.7. The summed E-state index contributed by atoms with van der Waals surface area (Å²) in [5, 5.41) is 4.01. The van der Waals surface area contributed by atoms with Gasteiger partial charge in [-0.25, -0.2) is 12.8 Å². The minimum atomic E-state index is -3.66. The lowest BCUT2D eigenvalue weighted by atomic mass is 10.1. The van der Waals surface area contributed by atoms with Crippen LogP contribution >= 0.6 is 0 Å². The topological polar surface area (TPSA) is 99.8 Å². The normalized spacial score (nSPS) is 18.5. The van der Waals surface area contributed by atoms with Crippen molar-refractivity contribution in [2.24, 2.45) is 0 Å². The van der Waals surface area contributed by atoms with Crippen LogP contribution in [0.1, 0.15) is 43.0 Å². The molecular formula is C22H30FN5O4S. The molecule has 4 rings (SSSR count). The first-order chi connectivity index (χ1) is 15.8. The molecule has 1 aromatic carbocycles. The van der Waals surface area contributed by atoms with E-state index in [0.717, 1.165) is 25.9 Å². The van der Waals surface area contributed by atoms with E-state index in [1.807, 2.05) is 4.90 Å². The van der Waals surface area contributed by atoms with Gasteiger partial charge in [0.1, 0.15) is 5.82 Å². The summed E-state index contributed by atoms with van der Waals surface area (Å²) >= 11 is 0. The molecule has 0 bridgehead atoms. The SMILES string of the molecule is Cc1cc(S(=O)(=O)N2CCN(Cc3noc(CCC(=O)N4CCCCC4)n3)CC2)ccc1F.